The molecule has 2 aromatic rings. The summed E-state index contributed by atoms with van der Waals surface area (Å²) in [4.78, 5) is 16.3. The number of hydrogen-bond donors (Lipinski definition) is 0. The van der Waals surface area contributed by atoms with E-state index in [1.54, 1.807) is 4.90 Å². The van der Waals surface area contributed by atoms with Crippen molar-refractivity contribution in [3.05, 3.63) is 46.4 Å². The monoisotopic (exact) mass is 404 g/mol. The second kappa shape index (κ2) is 7.34. The first-order valence-corrected chi connectivity index (χ1v) is 9.48. The predicted octanol–water partition coefficient (Wildman–Crippen LogP) is 4.66. The lowest BCUT2D eigenvalue weighted by Crippen LogP contribution is -2.49. The van der Waals surface area contributed by atoms with Crippen LogP contribution in [0, 0.1) is 0 Å². The Morgan fingerprint density at radius 2 is 1.84 bits per heavy atom. The summed E-state index contributed by atoms with van der Waals surface area (Å²) in [5, 5.41) is 2.49. The number of carbonyl (C=O) groups is 1. The van der Waals surface area contributed by atoms with Gasteiger partial charge >= 0.3 is 6.09 Å². The molecule has 0 aliphatic carbocycles. The van der Waals surface area contributed by atoms with Crippen LogP contribution < -0.4 is 0 Å². The summed E-state index contributed by atoms with van der Waals surface area (Å²) in [5.41, 5.74) is 0.865. The van der Waals surface area contributed by atoms with Crippen molar-refractivity contribution < 1.29 is 9.53 Å². The number of benzene rings is 2. The largest absolute Gasteiger partial charge is 0.444 e. The average Bonchev–Trinajstić information content (AvgIpc) is 2.54. The zero-order valence-corrected chi connectivity index (χ0v) is 16.7. The Hall–Kier alpha value is -1.59. The quantitative estimate of drug-likeness (QED) is 0.729. The highest BCUT2D eigenvalue weighted by Crippen LogP contribution is 2.25. The van der Waals surface area contributed by atoms with E-state index in [1.165, 1.54) is 16.3 Å². The molecule has 0 unspecified atom stereocenters. The second-order valence-corrected chi connectivity index (χ2v) is 8.39. The van der Waals surface area contributed by atoms with E-state index in [9.17, 15) is 4.79 Å². The zero-order chi connectivity index (χ0) is 18.0. The van der Waals surface area contributed by atoms with Gasteiger partial charge in [0.1, 0.15) is 5.60 Å². The number of carbonyl (C=O) groups excluding carboxylic acids is 1. The van der Waals surface area contributed by atoms with Crippen LogP contribution in [0.2, 0.25) is 0 Å². The molecule has 25 heavy (non-hydrogen) atoms. The third-order valence-electron chi connectivity index (χ3n) is 4.32. The summed E-state index contributed by atoms with van der Waals surface area (Å²) in [6.45, 7) is 9.79. The smallest absolute Gasteiger partial charge is 0.410 e. The Morgan fingerprint density at radius 1 is 1.12 bits per heavy atom. The van der Waals surface area contributed by atoms with Gasteiger partial charge in [-0.25, -0.2) is 4.79 Å². The molecular formula is C20H25BrN2O2. The molecule has 1 heterocycles. The number of piperazine rings is 1. The van der Waals surface area contributed by atoms with Gasteiger partial charge in [-0.3, -0.25) is 4.90 Å². The van der Waals surface area contributed by atoms with E-state index >= 15 is 0 Å². The van der Waals surface area contributed by atoms with Crippen LogP contribution >= 0.6 is 15.9 Å². The first-order valence-electron chi connectivity index (χ1n) is 8.69. The lowest BCUT2D eigenvalue weighted by molar-refractivity contribution is 0.0139. The first-order chi connectivity index (χ1) is 11.8. The third kappa shape index (κ3) is 4.73. The number of amides is 1. The molecule has 1 saturated heterocycles. The summed E-state index contributed by atoms with van der Waals surface area (Å²) in [6.07, 6.45) is -0.206. The molecule has 0 atom stereocenters. The molecule has 0 aromatic heterocycles. The van der Waals surface area contributed by atoms with Gasteiger partial charge in [-0.15, -0.1) is 0 Å². The molecule has 3 rings (SSSR count). The molecule has 0 radical (unpaired) electrons. The maximum atomic E-state index is 12.1. The fourth-order valence-corrected chi connectivity index (χ4v) is 3.58. The Labute approximate surface area is 157 Å². The Bertz CT molecular complexity index is 762. The highest BCUT2D eigenvalue weighted by molar-refractivity contribution is 9.10. The van der Waals surface area contributed by atoms with Crippen LogP contribution in [0.15, 0.2) is 40.9 Å². The van der Waals surface area contributed by atoms with Gasteiger partial charge < -0.3 is 9.64 Å². The average molecular weight is 405 g/mol. The molecule has 134 valence electrons. The molecule has 1 fully saturated rings. The van der Waals surface area contributed by atoms with E-state index in [0.29, 0.717) is 13.1 Å². The molecular weight excluding hydrogens is 380 g/mol. The summed E-state index contributed by atoms with van der Waals surface area (Å²) >= 11 is 3.60. The summed E-state index contributed by atoms with van der Waals surface area (Å²) in [7, 11) is 0. The standard InChI is InChI=1S/C20H25BrN2O2/c1-20(2,3)25-19(24)23-11-9-22(10-12-23)14-15-7-8-17-16(13-15)5-4-6-18(17)21/h4-8,13H,9-12,14H2,1-3H3. The molecule has 5 heteroatoms. The Balaban J connectivity index is 1.58. The van der Waals surface area contributed by atoms with Crippen molar-refractivity contribution >= 4 is 32.8 Å². The fourth-order valence-electron chi connectivity index (χ4n) is 3.07. The lowest BCUT2D eigenvalue weighted by atomic mass is 10.1. The van der Waals surface area contributed by atoms with Gasteiger partial charge in [0.2, 0.25) is 0 Å². The number of ether oxygens (including phenoxy) is 1. The molecule has 0 spiro atoms. The number of rotatable bonds is 2. The molecule has 1 aliphatic rings. The number of halogens is 1. The van der Waals surface area contributed by atoms with Crippen molar-refractivity contribution in [1.82, 2.24) is 9.80 Å². The van der Waals surface area contributed by atoms with Crippen molar-refractivity contribution in [2.45, 2.75) is 32.9 Å². The van der Waals surface area contributed by atoms with Gasteiger partial charge in [0.25, 0.3) is 0 Å². The maximum Gasteiger partial charge on any atom is 0.410 e. The van der Waals surface area contributed by atoms with Gasteiger partial charge in [0.15, 0.2) is 0 Å². The molecule has 0 saturated carbocycles. The van der Waals surface area contributed by atoms with E-state index in [-0.39, 0.29) is 6.09 Å². The normalized spacial score (nSPS) is 16.2. The predicted molar refractivity (Wildman–Crippen MR) is 105 cm³/mol. The van der Waals surface area contributed by atoms with Crippen LogP contribution in [0.25, 0.3) is 10.8 Å². The van der Waals surface area contributed by atoms with Gasteiger partial charge in [-0.2, -0.15) is 0 Å². The van der Waals surface area contributed by atoms with Gasteiger partial charge in [-0.1, -0.05) is 40.2 Å². The van der Waals surface area contributed by atoms with Gasteiger partial charge in [0.05, 0.1) is 0 Å². The van der Waals surface area contributed by atoms with E-state index in [1.807, 2.05) is 20.8 Å². The number of nitrogens with zero attached hydrogens (tertiary/aromatic N) is 2. The highest BCUT2D eigenvalue weighted by atomic mass is 79.9. The summed E-state index contributed by atoms with van der Waals surface area (Å²) < 4.78 is 6.58. The maximum absolute atomic E-state index is 12.1. The zero-order valence-electron chi connectivity index (χ0n) is 15.1. The molecule has 0 N–H and O–H groups in total. The highest BCUT2D eigenvalue weighted by Gasteiger charge is 2.25. The van der Waals surface area contributed by atoms with Gasteiger partial charge in [0, 0.05) is 37.2 Å². The molecule has 2 aromatic carbocycles. The van der Waals surface area contributed by atoms with Crippen molar-refractivity contribution in [1.29, 1.82) is 0 Å². The van der Waals surface area contributed by atoms with Crippen molar-refractivity contribution in [3.63, 3.8) is 0 Å². The van der Waals surface area contributed by atoms with E-state index in [0.717, 1.165) is 24.1 Å². The number of fused-ring (bicyclic) bond motifs is 1. The van der Waals surface area contributed by atoms with Crippen LogP contribution in [0.4, 0.5) is 4.79 Å². The van der Waals surface area contributed by atoms with Crippen LogP contribution in [0.3, 0.4) is 0 Å². The van der Waals surface area contributed by atoms with Crippen LogP contribution in [-0.4, -0.2) is 47.7 Å². The minimum atomic E-state index is -0.437. The fraction of sp³-hybridized carbons (Fsp3) is 0.450. The molecule has 4 nitrogen and oxygen atoms in total. The third-order valence-corrected chi connectivity index (χ3v) is 5.01. The molecule has 1 aliphatic heterocycles. The van der Waals surface area contributed by atoms with E-state index in [2.05, 4.69) is 57.2 Å². The second-order valence-electron chi connectivity index (χ2n) is 7.54. The van der Waals surface area contributed by atoms with Crippen molar-refractivity contribution in [2.75, 3.05) is 26.2 Å². The minimum absolute atomic E-state index is 0.206. The first kappa shape index (κ1) is 18.2. The lowest BCUT2D eigenvalue weighted by Gasteiger charge is -2.35. The number of hydrogen-bond acceptors (Lipinski definition) is 3. The molecule has 0 bridgehead atoms. The van der Waals surface area contributed by atoms with E-state index < -0.39 is 5.60 Å². The summed E-state index contributed by atoms with van der Waals surface area (Å²) in [6, 6.07) is 12.9. The minimum Gasteiger partial charge on any atom is -0.444 e. The topological polar surface area (TPSA) is 32.8 Å². The van der Waals surface area contributed by atoms with E-state index in [4.69, 9.17) is 4.74 Å². The Kier molecular flexibility index (Phi) is 5.35. The van der Waals surface area contributed by atoms with Crippen LogP contribution in [-0.2, 0) is 11.3 Å². The van der Waals surface area contributed by atoms with Crippen molar-refractivity contribution in [2.24, 2.45) is 0 Å². The van der Waals surface area contributed by atoms with Crippen molar-refractivity contribution in [3.8, 4) is 0 Å². The Morgan fingerprint density at radius 3 is 2.52 bits per heavy atom. The molecule has 1 amide bonds. The summed E-state index contributed by atoms with van der Waals surface area (Å²) in [5.74, 6) is 0. The van der Waals surface area contributed by atoms with Crippen LogP contribution in [0.5, 0.6) is 0 Å². The van der Waals surface area contributed by atoms with Gasteiger partial charge in [-0.05, 0) is 49.2 Å². The van der Waals surface area contributed by atoms with Crippen LogP contribution in [0.1, 0.15) is 26.3 Å². The SMILES string of the molecule is CC(C)(C)OC(=O)N1CCN(Cc2ccc3c(Br)cccc3c2)CC1.